The predicted octanol–water partition coefficient (Wildman–Crippen LogP) is 3.20. The van der Waals surface area contributed by atoms with Gasteiger partial charge in [0.05, 0.1) is 5.56 Å². The van der Waals surface area contributed by atoms with Gasteiger partial charge in [-0.25, -0.2) is 14.2 Å². The monoisotopic (exact) mass is 286 g/mol. The predicted molar refractivity (Wildman–Crippen MR) is 71.9 cm³/mol. The first-order chi connectivity index (χ1) is 9.92. The first-order valence-corrected chi connectivity index (χ1v) is 6.01. The van der Waals surface area contributed by atoms with Crippen molar-refractivity contribution in [1.29, 1.82) is 5.26 Å². The molecule has 0 saturated heterocycles. The third kappa shape index (κ3) is 2.98. The third-order valence-electron chi connectivity index (χ3n) is 2.80. The molecular weight excluding hydrogens is 275 g/mol. The molecule has 1 aromatic heterocycles. The number of carboxylic acids is 1. The van der Waals surface area contributed by atoms with Crippen molar-refractivity contribution < 1.29 is 19.0 Å². The lowest BCUT2D eigenvalue weighted by molar-refractivity contribution is 0.0692. The number of nitrogens with zero attached hydrogens (tertiary/aromatic N) is 2. The third-order valence-corrected chi connectivity index (χ3v) is 2.80. The molecule has 0 saturated carbocycles. The van der Waals surface area contributed by atoms with Crippen LogP contribution in [0.15, 0.2) is 24.3 Å². The van der Waals surface area contributed by atoms with Crippen LogP contribution < -0.4 is 4.74 Å². The summed E-state index contributed by atoms with van der Waals surface area (Å²) in [7, 11) is 0. The van der Waals surface area contributed by atoms with E-state index >= 15 is 0 Å². The van der Waals surface area contributed by atoms with E-state index in [4.69, 9.17) is 10.00 Å². The van der Waals surface area contributed by atoms with E-state index in [0.717, 1.165) is 6.07 Å². The second kappa shape index (κ2) is 5.59. The van der Waals surface area contributed by atoms with Crippen LogP contribution in [0, 0.1) is 31.0 Å². The molecule has 0 atom stereocenters. The van der Waals surface area contributed by atoms with Crippen molar-refractivity contribution in [2.24, 2.45) is 0 Å². The number of pyridine rings is 1. The van der Waals surface area contributed by atoms with Crippen LogP contribution in [0.4, 0.5) is 4.39 Å². The van der Waals surface area contributed by atoms with Crippen molar-refractivity contribution in [2.45, 2.75) is 13.8 Å². The molecule has 0 amide bonds. The molecule has 0 bridgehead atoms. The molecule has 0 spiro atoms. The van der Waals surface area contributed by atoms with E-state index in [9.17, 15) is 14.3 Å². The number of carboxylic acid groups (broad SMARTS) is 1. The number of nitriles is 1. The molecule has 5 nitrogen and oxygen atoms in total. The normalized spacial score (nSPS) is 10.0. The highest BCUT2D eigenvalue weighted by Gasteiger charge is 2.18. The molecular formula is C15H11FN2O3. The van der Waals surface area contributed by atoms with Crippen molar-refractivity contribution in [3.8, 4) is 17.7 Å². The van der Waals surface area contributed by atoms with Gasteiger partial charge in [-0.2, -0.15) is 5.26 Å². The quantitative estimate of drug-likeness (QED) is 0.936. The summed E-state index contributed by atoms with van der Waals surface area (Å²) in [5.74, 6) is -1.95. The molecule has 106 valence electrons. The van der Waals surface area contributed by atoms with Gasteiger partial charge in [-0.05, 0) is 37.6 Å². The summed E-state index contributed by atoms with van der Waals surface area (Å²) >= 11 is 0. The van der Waals surface area contributed by atoms with E-state index in [2.05, 4.69) is 4.98 Å². The lowest BCUT2D eigenvalue weighted by Gasteiger charge is -2.11. The van der Waals surface area contributed by atoms with Crippen LogP contribution in [0.25, 0.3) is 0 Å². The minimum absolute atomic E-state index is 0.0755. The van der Waals surface area contributed by atoms with Gasteiger partial charge in [0.15, 0.2) is 0 Å². The fourth-order valence-electron chi connectivity index (χ4n) is 1.90. The number of aromatic carboxylic acids is 1. The fourth-order valence-corrected chi connectivity index (χ4v) is 1.90. The number of aromatic nitrogens is 1. The van der Waals surface area contributed by atoms with Gasteiger partial charge in [0.1, 0.15) is 23.2 Å². The smallest absolute Gasteiger partial charge is 0.341 e. The Hall–Kier alpha value is -2.94. The molecule has 2 rings (SSSR count). The van der Waals surface area contributed by atoms with Crippen molar-refractivity contribution in [2.75, 3.05) is 0 Å². The molecule has 6 heteroatoms. The Kier molecular flexibility index (Phi) is 3.85. The van der Waals surface area contributed by atoms with Gasteiger partial charge < -0.3 is 9.84 Å². The average molecular weight is 286 g/mol. The minimum atomic E-state index is -1.18. The Morgan fingerprint density at radius 2 is 2.10 bits per heavy atom. The number of carbonyl (C=O) groups is 1. The molecule has 1 aromatic carbocycles. The summed E-state index contributed by atoms with van der Waals surface area (Å²) in [4.78, 5) is 15.3. The number of benzene rings is 1. The Labute approximate surface area is 120 Å². The maximum atomic E-state index is 13.5. The molecule has 0 aliphatic rings. The number of hydrogen-bond donors (Lipinski definition) is 1. The van der Waals surface area contributed by atoms with Crippen molar-refractivity contribution in [3.63, 3.8) is 0 Å². The van der Waals surface area contributed by atoms with Gasteiger partial charge in [0.2, 0.25) is 5.88 Å². The SMILES string of the molecule is Cc1cc(C)c(C(=O)O)c(Oc2ccc(C#N)c(F)c2)n1. The highest BCUT2D eigenvalue weighted by atomic mass is 19.1. The second-order valence-corrected chi connectivity index (χ2v) is 4.42. The standard InChI is InChI=1S/C15H11FN2O3/c1-8-5-9(2)18-14(13(8)15(19)20)21-11-4-3-10(7-17)12(16)6-11/h3-6H,1-2H3,(H,19,20). The van der Waals surface area contributed by atoms with Crippen LogP contribution in [0.5, 0.6) is 11.6 Å². The Bertz CT molecular complexity index is 766. The van der Waals surface area contributed by atoms with Crippen molar-refractivity contribution >= 4 is 5.97 Å². The van der Waals surface area contributed by atoms with Crippen LogP contribution in [-0.2, 0) is 0 Å². The van der Waals surface area contributed by atoms with E-state index in [1.807, 2.05) is 0 Å². The zero-order valence-corrected chi connectivity index (χ0v) is 11.3. The van der Waals surface area contributed by atoms with Crippen LogP contribution in [0.2, 0.25) is 0 Å². The molecule has 0 aliphatic carbocycles. The van der Waals surface area contributed by atoms with Gasteiger partial charge in [0, 0.05) is 11.8 Å². The van der Waals surface area contributed by atoms with E-state index in [1.165, 1.54) is 12.1 Å². The molecule has 0 radical (unpaired) electrons. The van der Waals surface area contributed by atoms with Gasteiger partial charge in [0.25, 0.3) is 0 Å². The minimum Gasteiger partial charge on any atom is -0.477 e. The summed E-state index contributed by atoms with van der Waals surface area (Å²) in [6.07, 6.45) is 0. The zero-order chi connectivity index (χ0) is 15.6. The number of rotatable bonds is 3. The molecule has 2 aromatic rings. The summed E-state index contributed by atoms with van der Waals surface area (Å²) in [5.41, 5.74) is 0.889. The molecule has 0 aliphatic heterocycles. The summed E-state index contributed by atoms with van der Waals surface area (Å²) in [6, 6.07) is 6.97. The maximum Gasteiger partial charge on any atom is 0.341 e. The summed E-state index contributed by atoms with van der Waals surface area (Å²) in [6.45, 7) is 3.33. The fraction of sp³-hybridized carbons (Fsp3) is 0.133. The van der Waals surface area contributed by atoms with E-state index in [0.29, 0.717) is 11.3 Å². The zero-order valence-electron chi connectivity index (χ0n) is 11.3. The Morgan fingerprint density at radius 1 is 1.38 bits per heavy atom. The largest absolute Gasteiger partial charge is 0.477 e. The molecule has 1 N–H and O–H groups in total. The second-order valence-electron chi connectivity index (χ2n) is 4.42. The van der Waals surface area contributed by atoms with Crippen molar-refractivity contribution in [1.82, 2.24) is 4.98 Å². The molecule has 0 fully saturated rings. The number of hydrogen-bond acceptors (Lipinski definition) is 4. The maximum absolute atomic E-state index is 13.5. The van der Waals surface area contributed by atoms with Gasteiger partial charge in [-0.3, -0.25) is 0 Å². The van der Waals surface area contributed by atoms with Crippen LogP contribution in [0.1, 0.15) is 27.2 Å². The van der Waals surface area contributed by atoms with E-state index < -0.39 is 11.8 Å². The van der Waals surface area contributed by atoms with Crippen LogP contribution in [0.3, 0.4) is 0 Å². The lowest BCUT2D eigenvalue weighted by Crippen LogP contribution is -2.06. The summed E-state index contributed by atoms with van der Waals surface area (Å²) < 4.78 is 18.9. The number of aryl methyl sites for hydroxylation is 2. The number of halogens is 1. The molecule has 1 heterocycles. The highest BCUT2D eigenvalue weighted by Crippen LogP contribution is 2.27. The molecule has 0 unspecified atom stereocenters. The van der Waals surface area contributed by atoms with E-state index in [-0.39, 0.29) is 22.8 Å². The highest BCUT2D eigenvalue weighted by molar-refractivity contribution is 5.92. The first-order valence-electron chi connectivity index (χ1n) is 6.01. The Morgan fingerprint density at radius 3 is 2.67 bits per heavy atom. The first kappa shape index (κ1) is 14.5. The molecule has 21 heavy (non-hydrogen) atoms. The van der Waals surface area contributed by atoms with Gasteiger partial charge in [-0.1, -0.05) is 0 Å². The Balaban J connectivity index is 2.47. The number of ether oxygens (including phenoxy) is 1. The summed E-state index contributed by atoms with van der Waals surface area (Å²) in [5, 5.41) is 17.9. The lowest BCUT2D eigenvalue weighted by atomic mass is 10.1. The van der Waals surface area contributed by atoms with E-state index in [1.54, 1.807) is 26.0 Å². The van der Waals surface area contributed by atoms with Gasteiger partial charge in [-0.15, -0.1) is 0 Å². The average Bonchev–Trinajstić information content (AvgIpc) is 2.37. The van der Waals surface area contributed by atoms with Crippen LogP contribution in [-0.4, -0.2) is 16.1 Å². The van der Waals surface area contributed by atoms with Crippen molar-refractivity contribution in [3.05, 3.63) is 52.5 Å². The van der Waals surface area contributed by atoms with Crippen LogP contribution >= 0.6 is 0 Å². The topological polar surface area (TPSA) is 83.2 Å². The van der Waals surface area contributed by atoms with Gasteiger partial charge >= 0.3 is 5.97 Å².